The first kappa shape index (κ1) is 10.1. The van der Waals surface area contributed by atoms with Crippen LogP contribution in [0.5, 0.6) is 0 Å². The van der Waals surface area contributed by atoms with Gasteiger partial charge in [-0.25, -0.2) is 0 Å². The van der Waals surface area contributed by atoms with Gasteiger partial charge in [0.2, 0.25) is 0 Å². The minimum atomic E-state index is -5.14. The van der Waals surface area contributed by atoms with E-state index in [0.29, 0.717) is 0 Å². The van der Waals surface area contributed by atoms with E-state index in [4.69, 9.17) is 19.2 Å². The maximum atomic E-state index is 8.66. The maximum absolute atomic E-state index is 8.66. The van der Waals surface area contributed by atoms with Crippen LogP contribution in [0, 0.1) is 0 Å². The normalized spacial score (nSPS) is 9.83. The second-order valence-electron chi connectivity index (χ2n) is 0.469. The molecular formula is HO4PZr. The van der Waals surface area contributed by atoms with Crippen molar-refractivity contribution in [2.24, 2.45) is 0 Å². The van der Waals surface area contributed by atoms with E-state index in [1.54, 1.807) is 0 Å². The van der Waals surface area contributed by atoms with Crippen molar-refractivity contribution in [2.45, 2.75) is 0 Å². The molecule has 0 aliphatic heterocycles. The van der Waals surface area contributed by atoms with Crippen LogP contribution in [0.1, 0.15) is 0 Å². The summed E-state index contributed by atoms with van der Waals surface area (Å²) in [5.41, 5.74) is 0. The molecule has 0 saturated heterocycles. The topological polar surface area (TPSA) is 83.4 Å². The zero-order valence-electron chi connectivity index (χ0n) is 2.62. The smallest absolute Gasteiger partial charge is 0.790 e. The maximum Gasteiger partial charge on any atom is 2.00 e. The van der Waals surface area contributed by atoms with E-state index >= 15 is 0 Å². The van der Waals surface area contributed by atoms with Crippen LogP contribution in [0.3, 0.4) is 0 Å². The van der Waals surface area contributed by atoms with Crippen LogP contribution in [0.25, 0.3) is 0 Å². The summed E-state index contributed by atoms with van der Waals surface area (Å²) in [6.45, 7) is 0. The third kappa shape index (κ3) is 80.7. The first-order valence-corrected chi connectivity index (χ1v) is 2.24. The van der Waals surface area contributed by atoms with Gasteiger partial charge in [-0.15, -0.1) is 0 Å². The molecule has 0 heterocycles. The molecule has 0 saturated carbocycles. The van der Waals surface area contributed by atoms with E-state index < -0.39 is 7.82 Å². The molecule has 0 aliphatic rings. The van der Waals surface area contributed by atoms with Gasteiger partial charge in [0.05, 0.1) is 7.82 Å². The molecule has 0 unspecified atom stereocenters. The number of hydrogen-bond donors (Lipinski definition) is 1. The third-order valence-corrected chi connectivity index (χ3v) is 0. The molecule has 0 aromatic carbocycles. The Balaban J connectivity index is 0. The van der Waals surface area contributed by atoms with Crippen LogP contribution >= 0.6 is 7.82 Å². The summed E-state index contributed by atoms with van der Waals surface area (Å²) in [6.07, 6.45) is 0. The molecule has 0 amide bonds. The standard InChI is InChI=1S/H3O4P.Zr/c1-5(2,3)4;/h(H3,1,2,3,4);/q;+2/p-2. The first-order chi connectivity index (χ1) is 2.00. The van der Waals surface area contributed by atoms with E-state index in [2.05, 4.69) is 0 Å². The molecule has 0 fully saturated rings. The van der Waals surface area contributed by atoms with Crippen molar-refractivity contribution in [1.82, 2.24) is 0 Å². The average Bonchev–Trinajstić information content (AvgIpc) is 0.722. The Kier molecular flexibility index (Phi) is 5.13. The zero-order valence-corrected chi connectivity index (χ0v) is 5.97. The Morgan fingerprint density at radius 3 is 1.50 bits per heavy atom. The minimum absolute atomic E-state index is 0. The van der Waals surface area contributed by atoms with Gasteiger partial charge < -0.3 is 19.2 Å². The number of phosphoric acid groups is 1. The van der Waals surface area contributed by atoms with Gasteiger partial charge in [0.15, 0.2) is 0 Å². The second kappa shape index (κ2) is 3.06. The summed E-state index contributed by atoms with van der Waals surface area (Å²) < 4.78 is 8.66. The molecule has 34 valence electrons. The first-order valence-electron chi connectivity index (χ1n) is 0.748. The minimum Gasteiger partial charge on any atom is -0.790 e. The van der Waals surface area contributed by atoms with Crippen molar-refractivity contribution in [2.75, 3.05) is 0 Å². The van der Waals surface area contributed by atoms with Gasteiger partial charge in [0.25, 0.3) is 0 Å². The van der Waals surface area contributed by atoms with E-state index in [1.807, 2.05) is 0 Å². The largest absolute Gasteiger partial charge is 2.00 e. The molecule has 0 radical (unpaired) electrons. The monoisotopic (exact) mass is 186 g/mol. The summed E-state index contributed by atoms with van der Waals surface area (Å²) in [4.78, 5) is 24.3. The van der Waals surface area contributed by atoms with E-state index in [-0.39, 0.29) is 26.2 Å². The Labute approximate surface area is 53.6 Å². The zero-order chi connectivity index (χ0) is 4.50. The molecule has 0 rings (SSSR count). The second-order valence-corrected chi connectivity index (χ2v) is 1.41. The predicted octanol–water partition coefficient (Wildman–Crippen LogP) is -2.20. The van der Waals surface area contributed by atoms with Crippen LogP contribution in [0.4, 0.5) is 0 Å². The van der Waals surface area contributed by atoms with Gasteiger partial charge in [0, 0.05) is 0 Å². The van der Waals surface area contributed by atoms with Gasteiger partial charge in [0.1, 0.15) is 0 Å². The molecule has 0 aromatic rings. The Morgan fingerprint density at radius 1 is 1.50 bits per heavy atom. The fourth-order valence-electron chi connectivity index (χ4n) is 0. The molecule has 0 bridgehead atoms. The summed E-state index contributed by atoms with van der Waals surface area (Å²) in [5, 5.41) is 0. The Bertz CT molecular complexity index is 53.7. The summed E-state index contributed by atoms with van der Waals surface area (Å²) in [7, 11) is -5.14. The SMILES string of the molecule is O=P([O-])([O-])O.[Zr+2]. The molecule has 1 N–H and O–H groups in total. The van der Waals surface area contributed by atoms with E-state index in [0.717, 1.165) is 0 Å². The fraction of sp³-hybridized carbons (Fsp3) is 0. The van der Waals surface area contributed by atoms with E-state index in [1.165, 1.54) is 0 Å². The van der Waals surface area contributed by atoms with Crippen molar-refractivity contribution in [3.8, 4) is 0 Å². The van der Waals surface area contributed by atoms with E-state index in [9.17, 15) is 0 Å². The summed E-state index contributed by atoms with van der Waals surface area (Å²) in [6, 6.07) is 0. The predicted molar refractivity (Wildman–Crippen MR) is 9.83 cm³/mol. The van der Waals surface area contributed by atoms with Crippen molar-refractivity contribution < 1.29 is 45.4 Å². The molecule has 6 heavy (non-hydrogen) atoms. The third-order valence-electron chi connectivity index (χ3n) is 0. The molecule has 0 atom stereocenters. The fourth-order valence-corrected chi connectivity index (χ4v) is 0. The van der Waals surface area contributed by atoms with Crippen LogP contribution in [-0.2, 0) is 30.8 Å². The number of hydrogen-bond acceptors (Lipinski definition) is 3. The van der Waals surface area contributed by atoms with Crippen LogP contribution in [-0.4, -0.2) is 4.89 Å². The number of rotatable bonds is 0. The van der Waals surface area contributed by atoms with Gasteiger partial charge in [-0.2, -0.15) is 0 Å². The summed E-state index contributed by atoms with van der Waals surface area (Å²) in [5.74, 6) is 0. The van der Waals surface area contributed by atoms with Crippen LogP contribution in [0.15, 0.2) is 0 Å². The van der Waals surface area contributed by atoms with Crippen molar-refractivity contribution in [3.05, 3.63) is 0 Å². The van der Waals surface area contributed by atoms with Crippen LogP contribution < -0.4 is 9.79 Å². The van der Waals surface area contributed by atoms with Crippen molar-refractivity contribution >= 4 is 7.82 Å². The molecule has 0 spiro atoms. The Morgan fingerprint density at radius 2 is 1.50 bits per heavy atom. The van der Waals surface area contributed by atoms with Gasteiger partial charge in [-0.3, -0.25) is 0 Å². The Hall–Kier alpha value is 0.993. The van der Waals surface area contributed by atoms with Crippen molar-refractivity contribution in [3.63, 3.8) is 0 Å². The summed E-state index contributed by atoms with van der Waals surface area (Å²) >= 11 is 0. The molecule has 6 heteroatoms. The van der Waals surface area contributed by atoms with Crippen molar-refractivity contribution in [1.29, 1.82) is 0 Å². The van der Waals surface area contributed by atoms with Gasteiger partial charge in [-0.1, -0.05) is 0 Å². The quantitative estimate of drug-likeness (QED) is 0.436. The van der Waals surface area contributed by atoms with Crippen LogP contribution in [0.2, 0.25) is 0 Å². The van der Waals surface area contributed by atoms with Gasteiger partial charge in [-0.05, 0) is 0 Å². The van der Waals surface area contributed by atoms with Gasteiger partial charge >= 0.3 is 26.2 Å². The average molecular weight is 187 g/mol. The molecule has 0 aromatic heterocycles. The molecule has 4 nitrogen and oxygen atoms in total. The molecule has 0 aliphatic carbocycles. The molecular weight excluding hydrogens is 186 g/mol.